The molecule has 0 heterocycles. The number of fused-ring (bicyclic) bond motifs is 1. The number of methoxy groups -OCH3 is 1. The van der Waals surface area contributed by atoms with Gasteiger partial charge in [0.25, 0.3) is 0 Å². The maximum Gasteiger partial charge on any atom is 0.313 e. The van der Waals surface area contributed by atoms with Crippen molar-refractivity contribution < 1.29 is 14.3 Å². The van der Waals surface area contributed by atoms with Crippen LogP contribution in [-0.4, -0.2) is 27.8 Å². The molecule has 0 aliphatic heterocycles. The number of esters is 1. The number of carbonyl (C=O) groups is 1. The van der Waals surface area contributed by atoms with Gasteiger partial charge in [-0.1, -0.05) is 43.9 Å². The summed E-state index contributed by atoms with van der Waals surface area (Å²) in [7, 11) is 0.488. The van der Waals surface area contributed by atoms with E-state index in [0.717, 1.165) is 28.1 Å². The zero-order chi connectivity index (χ0) is 17.0. The number of ether oxygens (including phenoxy) is 2. The lowest BCUT2D eigenvalue weighted by molar-refractivity contribution is -0.144. The molecule has 23 heavy (non-hydrogen) atoms. The minimum atomic E-state index is -1.17. The molecule has 3 nitrogen and oxygen atoms in total. The number of hydrogen-bond acceptors (Lipinski definition) is 3. The molecule has 0 fully saturated rings. The Morgan fingerprint density at radius 3 is 2.39 bits per heavy atom. The zero-order valence-corrected chi connectivity index (χ0v) is 15.7. The molecule has 2 aromatic carbocycles. The molecule has 0 N–H and O–H groups in total. The summed E-state index contributed by atoms with van der Waals surface area (Å²) in [5.74, 6) is 0.448. The van der Waals surface area contributed by atoms with E-state index in [2.05, 4.69) is 25.7 Å². The van der Waals surface area contributed by atoms with Crippen LogP contribution in [0.25, 0.3) is 10.8 Å². The maximum atomic E-state index is 12.2. The van der Waals surface area contributed by atoms with Crippen molar-refractivity contribution in [3.05, 3.63) is 42.0 Å². The molecule has 124 valence electrons. The van der Waals surface area contributed by atoms with Crippen molar-refractivity contribution in [3.63, 3.8) is 0 Å². The van der Waals surface area contributed by atoms with Crippen LogP contribution in [0.3, 0.4) is 0 Å². The van der Waals surface area contributed by atoms with Crippen LogP contribution >= 0.6 is 0 Å². The van der Waals surface area contributed by atoms with Gasteiger partial charge >= 0.3 is 5.97 Å². The molecule has 4 heteroatoms. The van der Waals surface area contributed by atoms with Crippen molar-refractivity contribution in [2.75, 3.05) is 13.7 Å². The van der Waals surface area contributed by atoms with Crippen LogP contribution in [0.4, 0.5) is 0 Å². The van der Waals surface area contributed by atoms with E-state index in [0.29, 0.717) is 6.61 Å². The fraction of sp³-hybridized carbons (Fsp3) is 0.421. The fourth-order valence-electron chi connectivity index (χ4n) is 2.36. The van der Waals surface area contributed by atoms with Crippen molar-refractivity contribution in [2.24, 2.45) is 0 Å². The first-order valence-electron chi connectivity index (χ1n) is 8.04. The lowest BCUT2D eigenvalue weighted by Crippen LogP contribution is -2.23. The Hall–Kier alpha value is -1.81. The zero-order valence-electron chi connectivity index (χ0n) is 14.7. The lowest BCUT2D eigenvalue weighted by atomic mass is 9.98. The summed E-state index contributed by atoms with van der Waals surface area (Å²) >= 11 is 0. The smallest absolute Gasteiger partial charge is 0.313 e. The Balaban J connectivity index is 2.08. The van der Waals surface area contributed by atoms with E-state index in [1.807, 2.05) is 37.3 Å². The van der Waals surface area contributed by atoms with E-state index in [4.69, 9.17) is 9.47 Å². The van der Waals surface area contributed by atoms with Gasteiger partial charge in [0.15, 0.2) is 0 Å². The molecule has 1 atom stereocenters. The summed E-state index contributed by atoms with van der Waals surface area (Å²) in [6, 6.07) is 13.0. The highest BCUT2D eigenvalue weighted by molar-refractivity contribution is 6.76. The second kappa shape index (κ2) is 7.17. The third-order valence-corrected chi connectivity index (χ3v) is 5.73. The first kappa shape index (κ1) is 17.5. The van der Waals surface area contributed by atoms with Crippen LogP contribution in [0.15, 0.2) is 36.4 Å². The Bertz CT molecular complexity index is 689. The van der Waals surface area contributed by atoms with Gasteiger partial charge in [-0.25, -0.2) is 0 Å². The molecule has 0 saturated carbocycles. The molecule has 0 radical (unpaired) electrons. The Morgan fingerprint density at radius 1 is 1.09 bits per heavy atom. The van der Waals surface area contributed by atoms with Gasteiger partial charge in [0, 0.05) is 8.07 Å². The predicted molar refractivity (Wildman–Crippen MR) is 98.0 cm³/mol. The molecule has 2 rings (SSSR count). The molecule has 0 aromatic heterocycles. The molecular weight excluding hydrogens is 304 g/mol. The van der Waals surface area contributed by atoms with E-state index in [-0.39, 0.29) is 11.9 Å². The van der Waals surface area contributed by atoms with Gasteiger partial charge in [-0.05, 0) is 41.4 Å². The minimum absolute atomic E-state index is 0.142. The Labute approximate surface area is 139 Å². The molecule has 0 aliphatic rings. The fourth-order valence-corrected chi connectivity index (χ4v) is 3.07. The average Bonchev–Trinajstić information content (AvgIpc) is 2.51. The normalized spacial score (nSPS) is 12.9. The third-order valence-electron chi connectivity index (χ3n) is 4.02. The van der Waals surface area contributed by atoms with Crippen molar-refractivity contribution in [2.45, 2.75) is 38.5 Å². The topological polar surface area (TPSA) is 35.5 Å². The van der Waals surface area contributed by atoms with Crippen LogP contribution in [0.1, 0.15) is 18.4 Å². The van der Waals surface area contributed by atoms with E-state index in [1.54, 1.807) is 7.11 Å². The van der Waals surface area contributed by atoms with Gasteiger partial charge in [-0.15, -0.1) is 0 Å². The third kappa shape index (κ3) is 4.83. The number of hydrogen-bond donors (Lipinski definition) is 0. The van der Waals surface area contributed by atoms with Gasteiger partial charge in [-0.3, -0.25) is 4.79 Å². The minimum Gasteiger partial charge on any atom is -0.497 e. The molecule has 0 bridgehead atoms. The maximum absolute atomic E-state index is 12.2. The first-order valence-corrected chi connectivity index (χ1v) is 11.8. The highest BCUT2D eigenvalue weighted by Crippen LogP contribution is 2.26. The summed E-state index contributed by atoms with van der Waals surface area (Å²) in [6.07, 6.45) is 0. The van der Waals surface area contributed by atoms with E-state index in [1.165, 1.54) is 0 Å². The average molecular weight is 330 g/mol. The molecule has 0 amide bonds. The summed E-state index contributed by atoms with van der Waals surface area (Å²) in [5, 5.41) is 2.21. The largest absolute Gasteiger partial charge is 0.497 e. The van der Waals surface area contributed by atoms with Crippen LogP contribution in [-0.2, 0) is 9.53 Å². The molecule has 0 aliphatic carbocycles. The standard InChI is InChI=1S/C19H26O3Si/c1-14(19(20)22-10-11-23(3,4)5)15-6-7-17-13-18(21-2)9-8-16(17)12-15/h6-9,12-14H,10-11H2,1-5H3/t14-/m0/s1. The van der Waals surface area contributed by atoms with Gasteiger partial charge in [0.2, 0.25) is 0 Å². The quantitative estimate of drug-likeness (QED) is 0.562. The lowest BCUT2D eigenvalue weighted by Gasteiger charge is -2.17. The van der Waals surface area contributed by atoms with Gasteiger partial charge in [0.05, 0.1) is 19.6 Å². The van der Waals surface area contributed by atoms with Crippen LogP contribution in [0.2, 0.25) is 25.7 Å². The Kier molecular flexibility index (Phi) is 5.47. The summed E-state index contributed by atoms with van der Waals surface area (Å²) < 4.78 is 10.7. The molecule has 0 spiro atoms. The number of benzene rings is 2. The van der Waals surface area contributed by atoms with Crippen LogP contribution < -0.4 is 4.74 Å². The summed E-state index contributed by atoms with van der Waals surface area (Å²) in [6.45, 7) is 9.27. The van der Waals surface area contributed by atoms with Crippen molar-refractivity contribution in [1.82, 2.24) is 0 Å². The monoisotopic (exact) mass is 330 g/mol. The second-order valence-corrected chi connectivity index (χ2v) is 12.8. The number of carbonyl (C=O) groups excluding carboxylic acids is 1. The molecule has 0 unspecified atom stereocenters. The van der Waals surface area contributed by atoms with Crippen molar-refractivity contribution in [3.8, 4) is 5.75 Å². The molecule has 2 aromatic rings. The number of rotatable bonds is 6. The van der Waals surface area contributed by atoms with Gasteiger partial charge in [0.1, 0.15) is 5.75 Å². The van der Waals surface area contributed by atoms with E-state index in [9.17, 15) is 4.79 Å². The van der Waals surface area contributed by atoms with Gasteiger partial charge < -0.3 is 9.47 Å². The van der Waals surface area contributed by atoms with Crippen LogP contribution in [0.5, 0.6) is 5.75 Å². The summed E-state index contributed by atoms with van der Waals surface area (Å²) in [4.78, 5) is 12.2. The predicted octanol–water partition coefficient (Wildman–Crippen LogP) is 4.83. The van der Waals surface area contributed by atoms with Crippen molar-refractivity contribution >= 4 is 24.8 Å². The highest BCUT2D eigenvalue weighted by atomic mass is 28.3. The van der Waals surface area contributed by atoms with E-state index >= 15 is 0 Å². The van der Waals surface area contributed by atoms with Crippen molar-refractivity contribution in [1.29, 1.82) is 0 Å². The summed E-state index contributed by atoms with van der Waals surface area (Å²) in [5.41, 5.74) is 0.987. The van der Waals surface area contributed by atoms with Gasteiger partial charge in [-0.2, -0.15) is 0 Å². The highest BCUT2D eigenvalue weighted by Gasteiger charge is 2.19. The first-order chi connectivity index (χ1) is 10.8. The molecule has 0 saturated heterocycles. The molecular formula is C19H26O3Si. The van der Waals surface area contributed by atoms with E-state index < -0.39 is 8.07 Å². The van der Waals surface area contributed by atoms with Crippen LogP contribution in [0, 0.1) is 0 Å². The SMILES string of the molecule is COc1ccc2cc([C@H](C)C(=O)OCC[Si](C)(C)C)ccc2c1. The second-order valence-electron chi connectivity index (χ2n) is 7.17. The Morgan fingerprint density at radius 2 is 1.74 bits per heavy atom.